The van der Waals surface area contributed by atoms with E-state index in [-0.39, 0.29) is 41.7 Å². The van der Waals surface area contributed by atoms with Gasteiger partial charge in [0.1, 0.15) is 0 Å². The van der Waals surface area contributed by atoms with Crippen molar-refractivity contribution in [2.45, 2.75) is 58.7 Å². The Bertz CT molecular complexity index is 595. The number of hydrogen-bond acceptors (Lipinski definition) is 5. The van der Waals surface area contributed by atoms with E-state index >= 15 is 0 Å². The number of carbonyl (C=O) groups is 2. The highest BCUT2D eigenvalue weighted by Crippen LogP contribution is 2.26. The summed E-state index contributed by atoms with van der Waals surface area (Å²) in [5.74, 6) is -0.414. The first kappa shape index (κ1) is 20.2. The highest BCUT2D eigenvalue weighted by atomic mass is 32.2. The lowest BCUT2D eigenvalue weighted by Gasteiger charge is -2.30. The van der Waals surface area contributed by atoms with Gasteiger partial charge in [-0.2, -0.15) is 0 Å². The van der Waals surface area contributed by atoms with Gasteiger partial charge in [-0.25, -0.2) is 8.42 Å². The zero-order valence-corrected chi connectivity index (χ0v) is 16.5. The quantitative estimate of drug-likeness (QED) is 0.692. The van der Waals surface area contributed by atoms with Gasteiger partial charge in [0.25, 0.3) is 0 Å². The van der Waals surface area contributed by atoms with Crippen LogP contribution in [0.5, 0.6) is 0 Å². The number of nitrogens with one attached hydrogen (secondary N) is 1. The fourth-order valence-corrected chi connectivity index (χ4v) is 5.58. The van der Waals surface area contributed by atoms with E-state index < -0.39 is 9.84 Å². The van der Waals surface area contributed by atoms with Crippen molar-refractivity contribution >= 4 is 21.7 Å². The Balaban J connectivity index is 1.82. The Morgan fingerprint density at radius 1 is 1.28 bits per heavy atom. The Hall–Kier alpha value is -1.15. The van der Waals surface area contributed by atoms with Crippen molar-refractivity contribution in [2.75, 3.05) is 31.1 Å². The molecule has 0 saturated carbocycles. The lowest BCUT2D eigenvalue weighted by atomic mass is 10.1. The Morgan fingerprint density at radius 2 is 1.92 bits per heavy atom. The molecule has 0 radical (unpaired) electrons. The van der Waals surface area contributed by atoms with Crippen molar-refractivity contribution in [3.63, 3.8) is 0 Å². The molecule has 2 fully saturated rings. The molecule has 0 aliphatic carbocycles. The number of amides is 2. The van der Waals surface area contributed by atoms with Gasteiger partial charge in [0.15, 0.2) is 9.84 Å². The fraction of sp³-hybridized carbons (Fsp3) is 0.882. The van der Waals surface area contributed by atoms with Crippen molar-refractivity contribution in [3.05, 3.63) is 0 Å². The molecule has 2 unspecified atom stereocenters. The van der Waals surface area contributed by atoms with E-state index in [2.05, 4.69) is 37.9 Å². The van der Waals surface area contributed by atoms with E-state index in [1.165, 1.54) is 0 Å². The number of hydrogen-bond donors (Lipinski definition) is 1. The molecule has 0 spiro atoms. The number of carbonyl (C=O) groups excluding carboxylic acids is 2. The summed E-state index contributed by atoms with van der Waals surface area (Å²) in [5, 5.41) is 2.94. The molecule has 2 rings (SSSR count). The molecule has 8 heteroatoms. The normalized spacial score (nSPS) is 26.2. The molecule has 2 aliphatic heterocycles. The number of rotatable bonds is 7. The maximum atomic E-state index is 12.4. The van der Waals surface area contributed by atoms with Gasteiger partial charge in [0.2, 0.25) is 11.8 Å². The van der Waals surface area contributed by atoms with E-state index in [9.17, 15) is 18.0 Å². The second-order valence-electron chi connectivity index (χ2n) is 7.72. The summed E-state index contributed by atoms with van der Waals surface area (Å²) in [6.45, 7) is 10.2. The van der Waals surface area contributed by atoms with Crippen molar-refractivity contribution in [1.82, 2.24) is 15.1 Å². The summed E-state index contributed by atoms with van der Waals surface area (Å²) < 4.78 is 23.2. The van der Waals surface area contributed by atoms with Crippen LogP contribution in [0.2, 0.25) is 0 Å². The van der Waals surface area contributed by atoms with Gasteiger partial charge in [-0.1, -0.05) is 0 Å². The average molecular weight is 374 g/mol. The zero-order chi connectivity index (χ0) is 18.8. The fourth-order valence-electron chi connectivity index (χ4n) is 3.85. The van der Waals surface area contributed by atoms with Crippen LogP contribution in [0.1, 0.15) is 40.5 Å². The Labute approximate surface area is 151 Å². The zero-order valence-electron chi connectivity index (χ0n) is 15.7. The van der Waals surface area contributed by atoms with Crippen LogP contribution in [-0.4, -0.2) is 79.3 Å². The third-order valence-corrected chi connectivity index (χ3v) is 6.92. The minimum absolute atomic E-state index is 0.0326. The van der Waals surface area contributed by atoms with Gasteiger partial charge in [-0.05, 0) is 34.1 Å². The number of nitrogens with zero attached hydrogens (tertiary/aromatic N) is 2. The molecular formula is C17H31N3O4S. The maximum Gasteiger partial charge on any atom is 0.225 e. The van der Waals surface area contributed by atoms with Crippen molar-refractivity contribution in [2.24, 2.45) is 5.92 Å². The standard InChI is InChI=1S/C17H31N3O4S/c1-12(2)19(13(3)4)7-6-18-17(22)14-9-16(21)20(10-14)15-5-8-25(23,24)11-15/h12-15H,5-11H2,1-4H3,(H,18,22). The molecular weight excluding hydrogens is 342 g/mol. The van der Waals surface area contributed by atoms with Crippen LogP contribution < -0.4 is 5.32 Å². The largest absolute Gasteiger partial charge is 0.355 e. The van der Waals surface area contributed by atoms with Crippen LogP contribution in [0.4, 0.5) is 0 Å². The lowest BCUT2D eigenvalue weighted by Crippen LogP contribution is -2.44. The van der Waals surface area contributed by atoms with Crippen molar-refractivity contribution in [3.8, 4) is 0 Å². The van der Waals surface area contributed by atoms with E-state index in [1.807, 2.05) is 0 Å². The predicted octanol–water partition coefficient (Wildman–Crippen LogP) is 0.257. The van der Waals surface area contributed by atoms with Crippen molar-refractivity contribution in [1.29, 1.82) is 0 Å². The van der Waals surface area contributed by atoms with Crippen LogP contribution in [0.25, 0.3) is 0 Å². The summed E-state index contributed by atoms with van der Waals surface area (Å²) in [5.41, 5.74) is 0. The monoisotopic (exact) mass is 373 g/mol. The van der Waals surface area contributed by atoms with E-state index in [0.717, 1.165) is 6.54 Å². The first-order chi connectivity index (χ1) is 11.6. The summed E-state index contributed by atoms with van der Waals surface area (Å²) >= 11 is 0. The molecule has 0 aromatic carbocycles. The first-order valence-corrected chi connectivity index (χ1v) is 11.0. The molecule has 2 amide bonds. The topological polar surface area (TPSA) is 86.8 Å². The minimum atomic E-state index is -3.03. The number of likely N-dealkylation sites (tertiary alicyclic amines) is 1. The second-order valence-corrected chi connectivity index (χ2v) is 9.95. The average Bonchev–Trinajstić information content (AvgIpc) is 3.05. The van der Waals surface area contributed by atoms with E-state index in [4.69, 9.17) is 0 Å². The lowest BCUT2D eigenvalue weighted by molar-refractivity contribution is -0.130. The number of sulfone groups is 1. The second kappa shape index (κ2) is 8.03. The minimum Gasteiger partial charge on any atom is -0.355 e. The van der Waals surface area contributed by atoms with Crippen LogP contribution in [0, 0.1) is 5.92 Å². The van der Waals surface area contributed by atoms with Crippen LogP contribution in [0.3, 0.4) is 0 Å². The highest BCUT2D eigenvalue weighted by molar-refractivity contribution is 7.91. The van der Waals surface area contributed by atoms with Gasteiger partial charge >= 0.3 is 0 Å². The van der Waals surface area contributed by atoms with Gasteiger partial charge in [-0.15, -0.1) is 0 Å². The van der Waals surface area contributed by atoms with Gasteiger partial charge in [0, 0.05) is 44.2 Å². The highest BCUT2D eigenvalue weighted by Gasteiger charge is 2.41. The van der Waals surface area contributed by atoms with Gasteiger partial charge < -0.3 is 10.2 Å². The molecule has 25 heavy (non-hydrogen) atoms. The van der Waals surface area contributed by atoms with Gasteiger partial charge in [-0.3, -0.25) is 14.5 Å². The molecule has 1 N–H and O–H groups in total. The molecule has 2 heterocycles. The molecule has 2 saturated heterocycles. The third kappa shape index (κ3) is 5.17. The molecule has 0 aromatic rings. The molecule has 2 atom stereocenters. The summed E-state index contributed by atoms with van der Waals surface area (Å²) in [7, 11) is -3.03. The first-order valence-electron chi connectivity index (χ1n) is 9.14. The Morgan fingerprint density at radius 3 is 2.44 bits per heavy atom. The van der Waals surface area contributed by atoms with Crippen LogP contribution in [0.15, 0.2) is 0 Å². The Kier molecular flexibility index (Phi) is 6.48. The SMILES string of the molecule is CC(C)N(CCNC(=O)C1CC(=O)N(C2CCS(=O)(=O)C2)C1)C(C)C. The maximum absolute atomic E-state index is 12.4. The smallest absolute Gasteiger partial charge is 0.225 e. The molecule has 144 valence electrons. The van der Waals surface area contributed by atoms with Gasteiger partial charge in [0.05, 0.1) is 17.4 Å². The van der Waals surface area contributed by atoms with Crippen LogP contribution in [-0.2, 0) is 19.4 Å². The molecule has 2 aliphatic rings. The third-order valence-electron chi connectivity index (χ3n) is 5.17. The molecule has 0 aromatic heterocycles. The van der Waals surface area contributed by atoms with E-state index in [1.54, 1.807) is 4.90 Å². The summed E-state index contributed by atoms with van der Waals surface area (Å²) in [6, 6.07) is 0.558. The molecule has 7 nitrogen and oxygen atoms in total. The van der Waals surface area contributed by atoms with E-state index in [0.29, 0.717) is 31.6 Å². The summed E-state index contributed by atoms with van der Waals surface area (Å²) in [6.07, 6.45) is 0.667. The van der Waals surface area contributed by atoms with Crippen molar-refractivity contribution < 1.29 is 18.0 Å². The molecule has 0 bridgehead atoms. The predicted molar refractivity (Wildman–Crippen MR) is 96.9 cm³/mol. The van der Waals surface area contributed by atoms with Crippen LogP contribution >= 0.6 is 0 Å². The summed E-state index contributed by atoms with van der Waals surface area (Å²) in [4.78, 5) is 28.5.